The Morgan fingerprint density at radius 1 is 1.11 bits per heavy atom. The van der Waals surface area contributed by atoms with Crippen LogP contribution in [0.4, 0.5) is 0 Å². The Bertz CT molecular complexity index is 1070. The number of nitrogens with one attached hydrogen (secondary N) is 3. The van der Waals surface area contributed by atoms with Crippen molar-refractivity contribution in [3.05, 3.63) is 59.8 Å². The van der Waals surface area contributed by atoms with Crippen LogP contribution in [-0.2, 0) is 21.4 Å². The van der Waals surface area contributed by atoms with Gasteiger partial charge in [0.1, 0.15) is 6.04 Å². The van der Waals surface area contributed by atoms with E-state index in [1.54, 1.807) is 26.0 Å². The molecule has 7 nitrogen and oxygen atoms in total. The number of hydrogen-bond acceptors (Lipinski definition) is 4. The van der Waals surface area contributed by atoms with Crippen LogP contribution in [0, 0.1) is 12.8 Å². The van der Waals surface area contributed by atoms with Gasteiger partial charge in [-0.3, -0.25) is 9.89 Å². The van der Waals surface area contributed by atoms with Crippen molar-refractivity contribution in [3.63, 3.8) is 0 Å². The molecule has 0 radical (unpaired) electrons. The summed E-state index contributed by atoms with van der Waals surface area (Å²) in [6.45, 7) is 5.71. The fourth-order valence-electron chi connectivity index (χ4n) is 2.88. The number of amides is 1. The van der Waals surface area contributed by atoms with Crippen LogP contribution in [0.3, 0.4) is 0 Å². The second kappa shape index (κ2) is 8.12. The quantitative estimate of drug-likeness (QED) is 0.567. The molecule has 8 heteroatoms. The van der Waals surface area contributed by atoms with Crippen LogP contribution in [-0.4, -0.2) is 30.6 Å². The van der Waals surface area contributed by atoms with Crippen LogP contribution in [0.25, 0.3) is 10.9 Å². The van der Waals surface area contributed by atoms with Gasteiger partial charge in [0.25, 0.3) is 0 Å². The van der Waals surface area contributed by atoms with Gasteiger partial charge in [-0.05, 0) is 31.0 Å². The van der Waals surface area contributed by atoms with Crippen molar-refractivity contribution in [1.82, 2.24) is 20.2 Å². The Kier molecular flexibility index (Phi) is 5.81. The molecule has 0 aliphatic heterocycles. The van der Waals surface area contributed by atoms with E-state index >= 15 is 0 Å². The second-order valence-corrected chi connectivity index (χ2v) is 8.81. The number of rotatable bonds is 7. The highest BCUT2D eigenvalue weighted by atomic mass is 32.2. The lowest BCUT2D eigenvalue weighted by molar-refractivity contribution is -0.123. The molecule has 28 heavy (non-hydrogen) atoms. The van der Waals surface area contributed by atoms with E-state index < -0.39 is 16.1 Å². The molecule has 2 aromatic carbocycles. The van der Waals surface area contributed by atoms with E-state index in [2.05, 4.69) is 20.2 Å². The SMILES string of the molecule is Cc1ccc(S(=O)(=O)NC(C(=O)NCc2[nH]nc3ccccc23)C(C)C)cc1. The van der Waals surface area contributed by atoms with Gasteiger partial charge in [0.05, 0.1) is 22.7 Å². The first-order valence-corrected chi connectivity index (χ1v) is 10.5. The first-order valence-electron chi connectivity index (χ1n) is 9.06. The van der Waals surface area contributed by atoms with Gasteiger partial charge in [0.15, 0.2) is 0 Å². The summed E-state index contributed by atoms with van der Waals surface area (Å²) in [6.07, 6.45) is 0. The molecule has 1 atom stereocenters. The van der Waals surface area contributed by atoms with E-state index in [-0.39, 0.29) is 23.3 Å². The molecule has 0 aliphatic rings. The third-order valence-corrected chi connectivity index (χ3v) is 6.00. The van der Waals surface area contributed by atoms with Crippen LogP contribution in [0.1, 0.15) is 25.1 Å². The monoisotopic (exact) mass is 400 g/mol. The lowest BCUT2D eigenvalue weighted by Crippen LogP contribution is -2.49. The molecule has 0 spiro atoms. The van der Waals surface area contributed by atoms with E-state index in [1.165, 1.54) is 12.1 Å². The van der Waals surface area contributed by atoms with Crippen LogP contribution < -0.4 is 10.0 Å². The highest BCUT2D eigenvalue weighted by Gasteiger charge is 2.28. The number of H-pyrrole nitrogens is 1. The lowest BCUT2D eigenvalue weighted by Gasteiger charge is -2.21. The summed E-state index contributed by atoms with van der Waals surface area (Å²) < 4.78 is 27.9. The minimum atomic E-state index is -3.80. The van der Waals surface area contributed by atoms with E-state index in [1.807, 2.05) is 31.2 Å². The molecule has 0 aliphatic carbocycles. The van der Waals surface area contributed by atoms with Crippen LogP contribution in [0.15, 0.2) is 53.4 Å². The highest BCUT2D eigenvalue weighted by Crippen LogP contribution is 2.16. The number of fused-ring (bicyclic) bond motifs is 1. The zero-order valence-corrected chi connectivity index (χ0v) is 16.9. The number of aromatic nitrogens is 2. The number of benzene rings is 2. The van der Waals surface area contributed by atoms with Gasteiger partial charge in [-0.1, -0.05) is 49.7 Å². The lowest BCUT2D eigenvalue weighted by atomic mass is 10.0. The number of carbonyl (C=O) groups is 1. The molecule has 3 rings (SSSR count). The molecule has 1 aromatic heterocycles. The van der Waals surface area contributed by atoms with Gasteiger partial charge in [0, 0.05) is 5.39 Å². The van der Waals surface area contributed by atoms with Crippen molar-refractivity contribution in [2.45, 2.75) is 38.3 Å². The smallest absolute Gasteiger partial charge is 0.241 e. The minimum Gasteiger partial charge on any atom is -0.349 e. The number of sulfonamides is 1. The third-order valence-electron chi connectivity index (χ3n) is 4.54. The molecule has 0 saturated heterocycles. The van der Waals surface area contributed by atoms with Crippen molar-refractivity contribution in [2.75, 3.05) is 0 Å². The van der Waals surface area contributed by atoms with E-state index in [0.29, 0.717) is 0 Å². The molecule has 1 unspecified atom stereocenters. The molecule has 1 amide bonds. The number of nitrogens with zero attached hydrogens (tertiary/aromatic N) is 1. The van der Waals surface area contributed by atoms with Crippen molar-refractivity contribution in [3.8, 4) is 0 Å². The maximum Gasteiger partial charge on any atom is 0.241 e. The molecule has 0 fully saturated rings. The van der Waals surface area contributed by atoms with Crippen LogP contribution in [0.5, 0.6) is 0 Å². The fourth-order valence-corrected chi connectivity index (χ4v) is 4.22. The summed E-state index contributed by atoms with van der Waals surface area (Å²) in [6, 6.07) is 13.2. The molecule has 148 valence electrons. The Morgan fingerprint density at radius 2 is 1.79 bits per heavy atom. The normalized spacial score (nSPS) is 13.0. The van der Waals surface area contributed by atoms with Gasteiger partial charge in [-0.15, -0.1) is 0 Å². The summed E-state index contributed by atoms with van der Waals surface area (Å²) in [7, 11) is -3.80. The molecule has 3 aromatic rings. The molecule has 3 N–H and O–H groups in total. The summed E-state index contributed by atoms with van der Waals surface area (Å²) in [5.74, 6) is -0.608. The predicted octanol–water partition coefficient (Wildman–Crippen LogP) is 2.49. The summed E-state index contributed by atoms with van der Waals surface area (Å²) in [5, 5.41) is 10.8. The van der Waals surface area contributed by atoms with Crippen molar-refractivity contribution in [2.24, 2.45) is 5.92 Å². The summed E-state index contributed by atoms with van der Waals surface area (Å²) >= 11 is 0. The number of aromatic amines is 1. The topological polar surface area (TPSA) is 104 Å². The Morgan fingerprint density at radius 3 is 2.46 bits per heavy atom. The highest BCUT2D eigenvalue weighted by molar-refractivity contribution is 7.89. The first-order chi connectivity index (χ1) is 13.3. The zero-order valence-electron chi connectivity index (χ0n) is 16.1. The van der Waals surface area contributed by atoms with Crippen LogP contribution >= 0.6 is 0 Å². The van der Waals surface area contributed by atoms with Gasteiger partial charge < -0.3 is 5.32 Å². The van der Waals surface area contributed by atoms with E-state index in [9.17, 15) is 13.2 Å². The largest absolute Gasteiger partial charge is 0.349 e. The van der Waals surface area contributed by atoms with Crippen LogP contribution in [0.2, 0.25) is 0 Å². The molecular weight excluding hydrogens is 376 g/mol. The number of para-hydroxylation sites is 1. The minimum absolute atomic E-state index is 0.135. The van der Waals surface area contributed by atoms with Gasteiger partial charge in [-0.25, -0.2) is 8.42 Å². The maximum absolute atomic E-state index is 12.7. The van der Waals surface area contributed by atoms with Crippen molar-refractivity contribution in [1.29, 1.82) is 0 Å². The molecule has 0 saturated carbocycles. The number of hydrogen-bond donors (Lipinski definition) is 3. The molecule has 0 bridgehead atoms. The third kappa shape index (κ3) is 4.40. The molecule has 1 heterocycles. The van der Waals surface area contributed by atoms with Gasteiger partial charge in [-0.2, -0.15) is 9.82 Å². The van der Waals surface area contributed by atoms with E-state index in [0.717, 1.165) is 22.2 Å². The van der Waals surface area contributed by atoms with Crippen molar-refractivity contribution < 1.29 is 13.2 Å². The average Bonchev–Trinajstić information content (AvgIpc) is 3.07. The summed E-state index contributed by atoms with van der Waals surface area (Å²) in [5.41, 5.74) is 2.55. The maximum atomic E-state index is 12.7. The zero-order chi connectivity index (χ0) is 20.3. The number of aryl methyl sites for hydroxylation is 1. The Balaban J connectivity index is 1.72. The second-order valence-electron chi connectivity index (χ2n) is 7.09. The predicted molar refractivity (Wildman–Crippen MR) is 108 cm³/mol. The molecular formula is C20H24N4O3S. The fraction of sp³-hybridized carbons (Fsp3) is 0.300. The van der Waals surface area contributed by atoms with E-state index in [4.69, 9.17) is 0 Å². The Hall–Kier alpha value is -2.71. The standard InChI is InChI=1S/C20H24N4O3S/c1-13(2)19(24-28(26,27)15-10-8-14(3)9-11-15)20(25)21-12-18-16-6-4-5-7-17(16)22-23-18/h4-11,13,19,24H,12H2,1-3H3,(H,21,25)(H,22,23). The first kappa shape index (κ1) is 20.0. The summed E-state index contributed by atoms with van der Waals surface area (Å²) in [4.78, 5) is 12.8. The average molecular weight is 401 g/mol. The van der Waals surface area contributed by atoms with Crippen molar-refractivity contribution >= 4 is 26.8 Å². The Labute approximate surface area is 164 Å². The number of carbonyl (C=O) groups excluding carboxylic acids is 1. The van der Waals surface area contributed by atoms with Gasteiger partial charge in [0.2, 0.25) is 15.9 Å². The van der Waals surface area contributed by atoms with Gasteiger partial charge >= 0.3 is 0 Å².